The Morgan fingerprint density at radius 2 is 1.44 bits per heavy atom. The summed E-state index contributed by atoms with van der Waals surface area (Å²) in [6.07, 6.45) is 0. The number of benzene rings is 4. The smallest absolute Gasteiger partial charge is 0.143 e. The first-order valence-electron chi connectivity index (χ1n) is 9.21. The fourth-order valence-corrected chi connectivity index (χ4v) is 3.45. The zero-order valence-electron chi connectivity index (χ0n) is 15.5. The van der Waals surface area contributed by atoms with Gasteiger partial charge in [-0.2, -0.15) is 0 Å². The Balaban J connectivity index is 2.06. The number of fused-ring (bicyclic) bond motifs is 1. The summed E-state index contributed by atoms with van der Waals surface area (Å²) < 4.78 is 6.43. The van der Waals surface area contributed by atoms with E-state index in [0.717, 1.165) is 33.4 Å². The van der Waals surface area contributed by atoms with E-state index in [1.165, 1.54) is 5.56 Å². The summed E-state index contributed by atoms with van der Waals surface area (Å²) in [6, 6.07) is 27.8. The molecule has 0 atom stereocenters. The van der Waals surface area contributed by atoms with E-state index in [4.69, 9.17) is 4.74 Å². The lowest BCUT2D eigenvalue weighted by molar-refractivity contribution is 0.475. The summed E-state index contributed by atoms with van der Waals surface area (Å²) in [6.45, 7) is 4.37. The topological polar surface area (TPSA) is 29.5 Å². The second-order valence-corrected chi connectivity index (χ2v) is 7.01. The van der Waals surface area contributed by atoms with Crippen LogP contribution in [0.15, 0.2) is 84.9 Å². The fraction of sp³-hybridized carbons (Fsp3) is 0.120. The summed E-state index contributed by atoms with van der Waals surface area (Å²) in [4.78, 5) is 0. The van der Waals surface area contributed by atoms with Crippen LogP contribution >= 0.6 is 0 Å². The Labute approximate surface area is 159 Å². The first-order chi connectivity index (χ1) is 13.1. The molecule has 27 heavy (non-hydrogen) atoms. The zero-order valence-corrected chi connectivity index (χ0v) is 15.5. The third kappa shape index (κ3) is 3.39. The zero-order chi connectivity index (χ0) is 18.8. The van der Waals surface area contributed by atoms with Gasteiger partial charge in [0.25, 0.3) is 0 Å². The maximum atomic E-state index is 9.99. The van der Waals surface area contributed by atoms with Crippen molar-refractivity contribution in [3.63, 3.8) is 0 Å². The van der Waals surface area contributed by atoms with E-state index in [2.05, 4.69) is 32.0 Å². The lowest BCUT2D eigenvalue weighted by atomic mass is 9.88. The molecule has 0 fully saturated rings. The molecule has 134 valence electrons. The summed E-state index contributed by atoms with van der Waals surface area (Å²) in [5, 5.41) is 11.9. The minimum atomic E-state index is 0.260. The first-order valence-corrected chi connectivity index (χ1v) is 9.21. The average molecular weight is 354 g/mol. The van der Waals surface area contributed by atoms with Crippen molar-refractivity contribution in [2.45, 2.75) is 19.8 Å². The van der Waals surface area contributed by atoms with Crippen LogP contribution in [-0.2, 0) is 0 Å². The number of phenols is 1. The number of ether oxygens (including phenoxy) is 1. The summed E-state index contributed by atoms with van der Waals surface area (Å²) >= 11 is 0. The third-order valence-corrected chi connectivity index (χ3v) is 4.75. The normalized spacial score (nSPS) is 11.1. The molecule has 0 aliphatic carbocycles. The van der Waals surface area contributed by atoms with Crippen molar-refractivity contribution >= 4 is 10.8 Å². The molecule has 4 aromatic rings. The van der Waals surface area contributed by atoms with E-state index in [1.807, 2.05) is 54.6 Å². The van der Waals surface area contributed by atoms with Gasteiger partial charge in [-0.25, -0.2) is 0 Å². The van der Waals surface area contributed by atoms with Gasteiger partial charge in [0.05, 0.1) is 0 Å². The van der Waals surface area contributed by atoms with Crippen LogP contribution in [0.1, 0.15) is 25.3 Å². The minimum absolute atomic E-state index is 0.260. The van der Waals surface area contributed by atoms with Crippen LogP contribution in [0.25, 0.3) is 21.9 Å². The Hall–Kier alpha value is -3.26. The molecular weight excluding hydrogens is 332 g/mol. The van der Waals surface area contributed by atoms with E-state index >= 15 is 0 Å². The van der Waals surface area contributed by atoms with E-state index in [-0.39, 0.29) is 5.75 Å². The highest BCUT2D eigenvalue weighted by atomic mass is 16.5. The average Bonchev–Trinajstić information content (AvgIpc) is 2.68. The molecule has 0 saturated heterocycles. The first kappa shape index (κ1) is 17.2. The highest BCUT2D eigenvalue weighted by molar-refractivity contribution is 5.98. The van der Waals surface area contributed by atoms with Crippen LogP contribution in [0.5, 0.6) is 17.2 Å². The lowest BCUT2D eigenvalue weighted by Crippen LogP contribution is -1.98. The predicted molar refractivity (Wildman–Crippen MR) is 112 cm³/mol. The van der Waals surface area contributed by atoms with Crippen molar-refractivity contribution < 1.29 is 9.84 Å². The molecule has 2 nitrogen and oxygen atoms in total. The molecule has 2 heteroatoms. The highest BCUT2D eigenvalue weighted by Crippen LogP contribution is 2.45. The summed E-state index contributed by atoms with van der Waals surface area (Å²) in [5.74, 6) is 2.19. The molecule has 4 rings (SSSR count). The van der Waals surface area contributed by atoms with Crippen LogP contribution in [0.3, 0.4) is 0 Å². The Morgan fingerprint density at radius 1 is 0.778 bits per heavy atom. The summed E-state index contributed by atoms with van der Waals surface area (Å²) in [7, 11) is 0. The monoisotopic (exact) mass is 354 g/mol. The number of phenolic OH excluding ortho intramolecular Hbond substituents is 1. The van der Waals surface area contributed by atoms with Gasteiger partial charge in [0.15, 0.2) is 0 Å². The Morgan fingerprint density at radius 3 is 2.11 bits per heavy atom. The van der Waals surface area contributed by atoms with E-state index in [1.54, 1.807) is 12.1 Å². The molecule has 0 aliphatic heterocycles. The molecule has 0 saturated carbocycles. The molecule has 0 bridgehead atoms. The van der Waals surface area contributed by atoms with Crippen LogP contribution in [0, 0.1) is 0 Å². The fourth-order valence-electron chi connectivity index (χ4n) is 3.45. The Bertz CT molecular complexity index is 1070. The van der Waals surface area contributed by atoms with E-state index < -0.39 is 0 Å². The maximum absolute atomic E-state index is 9.99. The Kier molecular flexibility index (Phi) is 4.55. The van der Waals surface area contributed by atoms with E-state index in [9.17, 15) is 5.11 Å². The number of hydrogen-bond donors (Lipinski definition) is 1. The number of rotatable bonds is 4. The molecule has 0 radical (unpaired) electrons. The van der Waals surface area contributed by atoms with Crippen LogP contribution in [0.2, 0.25) is 0 Å². The van der Waals surface area contributed by atoms with Crippen LogP contribution < -0.4 is 4.74 Å². The van der Waals surface area contributed by atoms with Gasteiger partial charge in [-0.1, -0.05) is 62.4 Å². The van der Waals surface area contributed by atoms with Crippen molar-refractivity contribution in [3.05, 3.63) is 90.5 Å². The molecular formula is C25H22O2. The molecule has 0 amide bonds. The van der Waals surface area contributed by atoms with Crippen molar-refractivity contribution in [1.29, 1.82) is 0 Å². The van der Waals surface area contributed by atoms with Crippen molar-refractivity contribution in [2.24, 2.45) is 0 Å². The van der Waals surface area contributed by atoms with Gasteiger partial charge < -0.3 is 9.84 Å². The molecule has 0 spiro atoms. The second kappa shape index (κ2) is 7.16. The molecule has 4 aromatic carbocycles. The highest BCUT2D eigenvalue weighted by Gasteiger charge is 2.19. The number of aromatic hydroxyl groups is 1. The lowest BCUT2D eigenvalue weighted by Gasteiger charge is -2.21. The number of hydrogen-bond acceptors (Lipinski definition) is 2. The maximum Gasteiger partial charge on any atom is 0.143 e. The minimum Gasteiger partial charge on any atom is -0.508 e. The largest absolute Gasteiger partial charge is 0.508 e. The third-order valence-electron chi connectivity index (χ3n) is 4.75. The summed E-state index contributed by atoms with van der Waals surface area (Å²) in [5.41, 5.74) is 3.43. The SMILES string of the molecule is CC(C)c1cc2cc(O)ccc2c(Oc2ccccc2)c1-c1ccccc1. The quantitative estimate of drug-likeness (QED) is 0.422. The van der Waals surface area contributed by atoms with Gasteiger partial charge in [0, 0.05) is 10.9 Å². The molecule has 0 heterocycles. The van der Waals surface area contributed by atoms with E-state index in [0.29, 0.717) is 5.92 Å². The van der Waals surface area contributed by atoms with Crippen LogP contribution in [-0.4, -0.2) is 5.11 Å². The molecule has 0 aromatic heterocycles. The van der Waals surface area contributed by atoms with Gasteiger partial charge in [0.1, 0.15) is 17.2 Å². The predicted octanol–water partition coefficient (Wildman–Crippen LogP) is 7.13. The van der Waals surface area contributed by atoms with Crippen molar-refractivity contribution in [2.75, 3.05) is 0 Å². The van der Waals surface area contributed by atoms with Crippen LogP contribution in [0.4, 0.5) is 0 Å². The van der Waals surface area contributed by atoms with Gasteiger partial charge >= 0.3 is 0 Å². The van der Waals surface area contributed by atoms with Crippen molar-refractivity contribution in [1.82, 2.24) is 0 Å². The van der Waals surface area contributed by atoms with Gasteiger partial charge in [-0.15, -0.1) is 0 Å². The van der Waals surface area contributed by atoms with Crippen molar-refractivity contribution in [3.8, 4) is 28.4 Å². The second-order valence-electron chi connectivity index (χ2n) is 7.01. The number of para-hydroxylation sites is 1. The molecule has 0 unspecified atom stereocenters. The van der Waals surface area contributed by atoms with Gasteiger partial charge in [-0.05, 0) is 58.8 Å². The molecule has 1 N–H and O–H groups in total. The van der Waals surface area contributed by atoms with Gasteiger partial charge in [0.2, 0.25) is 0 Å². The standard InChI is InChI=1S/C25H22O2/c1-17(2)23-16-19-15-20(26)13-14-22(19)25(27-21-11-7-4-8-12-21)24(23)18-9-5-3-6-10-18/h3-17,26H,1-2H3. The molecule has 0 aliphatic rings. The van der Waals surface area contributed by atoms with Gasteiger partial charge in [-0.3, -0.25) is 0 Å².